The molecule has 2 saturated carbocycles. The molecule has 0 radical (unpaired) electrons. The normalized spacial score (nSPS) is 28.4. The molecule has 340 valence electrons. The zero-order chi connectivity index (χ0) is 45.1. The molecule has 0 aromatic heterocycles. The first-order valence-electron chi connectivity index (χ1n) is 23.3. The molecule has 0 spiro atoms. The van der Waals surface area contributed by atoms with Crippen molar-refractivity contribution in [1.82, 2.24) is 4.90 Å². The number of hydrogen-bond donors (Lipinski definition) is 1. The van der Waals surface area contributed by atoms with Crippen LogP contribution in [-0.4, -0.2) is 73.8 Å². The first kappa shape index (κ1) is 53.1. The summed E-state index contributed by atoms with van der Waals surface area (Å²) in [6, 6.07) is 20.2. The van der Waals surface area contributed by atoms with Crippen molar-refractivity contribution in [3.05, 3.63) is 84.4 Å². The van der Waals surface area contributed by atoms with E-state index in [9.17, 15) is 9.90 Å². The van der Waals surface area contributed by atoms with E-state index in [2.05, 4.69) is 73.3 Å². The molecule has 1 heterocycles. The van der Waals surface area contributed by atoms with E-state index in [1.807, 2.05) is 90.1 Å². The van der Waals surface area contributed by atoms with Crippen LogP contribution in [0.5, 0.6) is 0 Å². The fraction of sp³-hybridized carbons (Fsp3) is 0.692. The number of benzene rings is 2. The first-order chi connectivity index (χ1) is 28.7. The molecule has 5 rings (SSSR count). The van der Waals surface area contributed by atoms with Gasteiger partial charge in [0.25, 0.3) is 0 Å². The van der Waals surface area contributed by atoms with Crippen molar-refractivity contribution in [3.8, 4) is 0 Å². The van der Waals surface area contributed by atoms with E-state index in [-0.39, 0.29) is 35.9 Å². The molecule has 8 heteroatoms. The van der Waals surface area contributed by atoms with Crippen molar-refractivity contribution in [2.45, 2.75) is 154 Å². The van der Waals surface area contributed by atoms with Gasteiger partial charge in [0.2, 0.25) is 6.41 Å². The Labute approximate surface area is 366 Å². The van der Waals surface area contributed by atoms with Gasteiger partial charge in [-0.25, -0.2) is 0 Å². The summed E-state index contributed by atoms with van der Waals surface area (Å²) in [5, 5.41) is 10.9. The maximum absolute atomic E-state index is 15.2. The topological polar surface area (TPSA) is 94.5 Å². The van der Waals surface area contributed by atoms with Gasteiger partial charge >= 0.3 is 5.97 Å². The number of ether oxygens (including phenoxy) is 4. The summed E-state index contributed by atoms with van der Waals surface area (Å²) in [5.74, 6) is 0.683. The number of hydrogen-bond acceptors (Lipinski definition) is 7. The van der Waals surface area contributed by atoms with Crippen LogP contribution >= 0.6 is 0 Å². The zero-order valence-corrected chi connectivity index (χ0v) is 40.0. The lowest BCUT2D eigenvalue weighted by atomic mass is 9.48. The van der Waals surface area contributed by atoms with E-state index in [4.69, 9.17) is 18.9 Å². The molecule has 1 aliphatic heterocycles. The standard InChI is InChI=1S/C38H60O6.C7H8.C5H11NO.C2H6/c1-10-27(7)29-23-35(8,34-42-21-22-43-34)38(26(5)6,33(40)44-25-28-17-15-14-16-18-28)36(9)32(12-3)37(36,24-29)20-19-31(41-13-4)30(39)11-2;1-7-5-3-2-4-6-7;1-3-6(4-2)5-7;1-2/h12,14-18,26-27,29-32,34,39H,3,10-11,13,19-25H2,1-2,4-9H3;2-6H,1H3;5H,3-4H2,1-2H3;1-2H3. The molecule has 3 fully saturated rings. The number of nitrogens with zero attached hydrogens (tertiary/aromatic N) is 1. The second-order valence-corrected chi connectivity index (χ2v) is 17.6. The summed E-state index contributed by atoms with van der Waals surface area (Å²) in [5.41, 5.74) is 0.0527. The van der Waals surface area contributed by atoms with Gasteiger partial charge in [-0.2, -0.15) is 0 Å². The number of aliphatic hydroxyl groups excluding tert-OH is 1. The number of aliphatic hydroxyl groups is 1. The SMILES string of the molecule is C=CC1C2(CCC(OCC)C(O)CC)CC(C(C)CC)CC(C)(C3OCCO3)C(C(=O)OCc3ccccc3)(C(C)C)C12C.CC.CCN(C=O)CC.Cc1ccccc1. The Kier molecular flexibility index (Phi) is 22.3. The van der Waals surface area contributed by atoms with Crippen molar-refractivity contribution in [2.75, 3.05) is 32.9 Å². The van der Waals surface area contributed by atoms with Gasteiger partial charge in [0.15, 0.2) is 6.29 Å². The highest BCUT2D eigenvalue weighted by atomic mass is 16.7. The van der Waals surface area contributed by atoms with Gasteiger partial charge in [0, 0.05) is 25.1 Å². The monoisotopic (exact) mass is 836 g/mol. The Morgan fingerprint density at radius 1 is 0.917 bits per heavy atom. The molecule has 60 heavy (non-hydrogen) atoms. The number of esters is 1. The van der Waals surface area contributed by atoms with Crippen LogP contribution < -0.4 is 0 Å². The third-order valence-corrected chi connectivity index (χ3v) is 14.4. The predicted molar refractivity (Wildman–Crippen MR) is 246 cm³/mol. The lowest BCUT2D eigenvalue weighted by molar-refractivity contribution is -0.233. The molecular weight excluding hydrogens is 751 g/mol. The summed E-state index contributed by atoms with van der Waals surface area (Å²) in [6.07, 6.45) is 6.79. The molecule has 3 aliphatic rings. The van der Waals surface area contributed by atoms with Crippen molar-refractivity contribution < 1.29 is 33.6 Å². The number of aryl methyl sites for hydroxylation is 1. The van der Waals surface area contributed by atoms with Gasteiger partial charge in [-0.1, -0.05) is 141 Å². The average Bonchev–Trinajstić information content (AvgIpc) is 3.52. The van der Waals surface area contributed by atoms with Crippen LogP contribution in [-0.2, 0) is 35.1 Å². The summed E-state index contributed by atoms with van der Waals surface area (Å²) in [6.45, 7) is 35.5. The average molecular weight is 836 g/mol. The van der Waals surface area contributed by atoms with Crippen LogP contribution in [0, 0.1) is 52.3 Å². The molecule has 0 bridgehead atoms. The summed E-state index contributed by atoms with van der Waals surface area (Å²) in [4.78, 5) is 26.8. The van der Waals surface area contributed by atoms with Crippen molar-refractivity contribution >= 4 is 12.4 Å². The minimum absolute atomic E-state index is 0.0579. The lowest BCUT2D eigenvalue weighted by Gasteiger charge is -2.56. The van der Waals surface area contributed by atoms with Crippen LogP contribution in [0.3, 0.4) is 0 Å². The second kappa shape index (κ2) is 25.2. The highest BCUT2D eigenvalue weighted by Crippen LogP contribution is 2.87. The lowest BCUT2D eigenvalue weighted by Crippen LogP contribution is -2.61. The maximum Gasteiger partial charge on any atom is 0.314 e. The summed E-state index contributed by atoms with van der Waals surface area (Å²) < 4.78 is 25.4. The number of rotatable bonds is 18. The molecule has 8 nitrogen and oxygen atoms in total. The third-order valence-electron chi connectivity index (χ3n) is 14.4. The molecular formula is C52H85NO7. The molecule has 2 aromatic rings. The van der Waals surface area contributed by atoms with Crippen LogP contribution in [0.2, 0.25) is 0 Å². The Balaban J connectivity index is 0.000000651. The van der Waals surface area contributed by atoms with Crippen LogP contribution in [0.15, 0.2) is 73.3 Å². The second-order valence-electron chi connectivity index (χ2n) is 17.6. The predicted octanol–water partition coefficient (Wildman–Crippen LogP) is 11.5. The number of amides is 1. The van der Waals surface area contributed by atoms with E-state index < -0.39 is 28.6 Å². The van der Waals surface area contributed by atoms with Gasteiger partial charge in [-0.15, -0.1) is 6.58 Å². The number of allylic oxidation sites excluding steroid dienone is 1. The van der Waals surface area contributed by atoms with Crippen molar-refractivity contribution in [1.29, 1.82) is 0 Å². The van der Waals surface area contributed by atoms with Crippen LogP contribution in [0.1, 0.15) is 133 Å². The van der Waals surface area contributed by atoms with E-state index >= 15 is 4.79 Å². The zero-order valence-electron chi connectivity index (χ0n) is 40.0. The summed E-state index contributed by atoms with van der Waals surface area (Å²) in [7, 11) is 0. The molecule has 9 atom stereocenters. The van der Waals surface area contributed by atoms with Crippen LogP contribution in [0.25, 0.3) is 0 Å². The number of fused-ring (bicyclic) bond motifs is 1. The van der Waals surface area contributed by atoms with Crippen LogP contribution in [0.4, 0.5) is 0 Å². The Bertz CT molecular complexity index is 1510. The van der Waals surface area contributed by atoms with Crippen molar-refractivity contribution in [3.63, 3.8) is 0 Å². The van der Waals surface area contributed by atoms with E-state index in [1.165, 1.54) is 5.56 Å². The molecule has 1 amide bonds. The quantitative estimate of drug-likeness (QED) is 0.0908. The first-order valence-corrected chi connectivity index (χ1v) is 23.3. The Morgan fingerprint density at radius 2 is 1.48 bits per heavy atom. The summed E-state index contributed by atoms with van der Waals surface area (Å²) >= 11 is 0. The number of carbonyl (C=O) groups excluding carboxylic acids is 2. The van der Waals surface area contributed by atoms with E-state index in [1.54, 1.807) is 4.90 Å². The fourth-order valence-corrected chi connectivity index (χ4v) is 11.3. The molecule has 9 unspecified atom stereocenters. The van der Waals surface area contributed by atoms with Gasteiger partial charge in [0.05, 0.1) is 30.8 Å². The van der Waals surface area contributed by atoms with Gasteiger partial charge < -0.3 is 29.0 Å². The largest absolute Gasteiger partial charge is 0.460 e. The Hall–Kier alpha value is -3.04. The molecule has 1 saturated heterocycles. The minimum atomic E-state index is -0.921. The highest BCUT2D eigenvalue weighted by Gasteiger charge is 2.87. The minimum Gasteiger partial charge on any atom is -0.460 e. The van der Waals surface area contributed by atoms with Gasteiger partial charge in [0.1, 0.15) is 6.61 Å². The molecule has 2 aliphatic carbocycles. The van der Waals surface area contributed by atoms with Crippen molar-refractivity contribution in [2.24, 2.45) is 45.3 Å². The highest BCUT2D eigenvalue weighted by molar-refractivity contribution is 5.81. The molecule has 1 N–H and O–H groups in total. The van der Waals surface area contributed by atoms with E-state index in [0.29, 0.717) is 38.1 Å². The van der Waals surface area contributed by atoms with E-state index in [0.717, 1.165) is 57.2 Å². The fourth-order valence-electron chi connectivity index (χ4n) is 11.3. The smallest absolute Gasteiger partial charge is 0.314 e. The molecule has 2 aromatic carbocycles. The van der Waals surface area contributed by atoms with Gasteiger partial charge in [-0.3, -0.25) is 9.59 Å². The third kappa shape index (κ3) is 11.3. The number of carbonyl (C=O) groups is 2. The maximum atomic E-state index is 15.2. The van der Waals surface area contributed by atoms with Gasteiger partial charge in [-0.05, 0) is 99.9 Å². The Morgan fingerprint density at radius 3 is 1.90 bits per heavy atom.